The second-order valence-corrected chi connectivity index (χ2v) is 5.73. The molecule has 1 rings (SSSR count). The number of carbonyl (C=O) groups excluding carboxylic acids is 1. The van der Waals surface area contributed by atoms with Crippen LogP contribution in [-0.4, -0.2) is 27.4 Å². The van der Waals surface area contributed by atoms with Crippen molar-refractivity contribution in [2.75, 3.05) is 5.88 Å². The minimum Gasteiger partial charge on any atom is -0.348 e. The van der Waals surface area contributed by atoms with E-state index >= 15 is 0 Å². The molecule has 1 aromatic heterocycles. The van der Waals surface area contributed by atoms with E-state index in [2.05, 4.69) is 35.7 Å². The van der Waals surface area contributed by atoms with Crippen LogP contribution in [0.5, 0.6) is 0 Å². The zero-order chi connectivity index (χ0) is 13.5. The second-order valence-electron chi connectivity index (χ2n) is 4.60. The van der Waals surface area contributed by atoms with Crippen LogP contribution in [0, 0.1) is 5.92 Å². The predicted octanol–water partition coefficient (Wildman–Crippen LogP) is 2.87. The Balaban J connectivity index is 2.71. The van der Waals surface area contributed by atoms with Crippen LogP contribution >= 0.6 is 23.1 Å². The highest BCUT2D eigenvalue weighted by Crippen LogP contribution is 2.14. The average Bonchev–Trinajstić information content (AvgIpc) is 2.77. The number of carbonyl (C=O) groups is 1. The van der Waals surface area contributed by atoms with Crippen LogP contribution in [0.2, 0.25) is 0 Å². The predicted molar refractivity (Wildman–Crippen MR) is 75.3 cm³/mol. The van der Waals surface area contributed by atoms with Crippen molar-refractivity contribution < 1.29 is 4.79 Å². The van der Waals surface area contributed by atoms with Gasteiger partial charge >= 0.3 is 0 Å². The first-order valence-corrected chi connectivity index (χ1v) is 7.59. The number of aryl methyl sites for hydroxylation is 1. The van der Waals surface area contributed by atoms with Crippen molar-refractivity contribution in [3.8, 4) is 0 Å². The monoisotopic (exact) mass is 289 g/mol. The summed E-state index contributed by atoms with van der Waals surface area (Å²) < 4.78 is 3.86. The maximum absolute atomic E-state index is 12.2. The fourth-order valence-electron chi connectivity index (χ4n) is 1.71. The first-order chi connectivity index (χ1) is 8.60. The van der Waals surface area contributed by atoms with E-state index in [4.69, 9.17) is 11.6 Å². The lowest BCUT2D eigenvalue weighted by Gasteiger charge is -2.21. The summed E-state index contributed by atoms with van der Waals surface area (Å²) in [5, 5.41) is 7.03. The quantitative estimate of drug-likeness (QED) is 0.785. The number of aromatic nitrogens is 2. The van der Waals surface area contributed by atoms with E-state index in [0.29, 0.717) is 16.7 Å². The van der Waals surface area contributed by atoms with E-state index in [0.717, 1.165) is 36.5 Å². The molecular formula is C12H20ClN3OS. The second kappa shape index (κ2) is 7.69. The summed E-state index contributed by atoms with van der Waals surface area (Å²) in [6.07, 6.45) is 2.53. The molecule has 0 spiro atoms. The number of alkyl halides is 1. The molecule has 0 aliphatic carbocycles. The summed E-state index contributed by atoms with van der Waals surface area (Å²) in [6.45, 7) is 6.22. The van der Waals surface area contributed by atoms with Crippen LogP contribution in [0.3, 0.4) is 0 Å². The lowest BCUT2D eigenvalue weighted by molar-refractivity contribution is 0.0928. The van der Waals surface area contributed by atoms with Crippen LogP contribution in [0.4, 0.5) is 0 Å². The maximum atomic E-state index is 12.2. The Bertz CT molecular complexity index is 381. The molecule has 1 heterocycles. The van der Waals surface area contributed by atoms with Gasteiger partial charge < -0.3 is 5.32 Å². The van der Waals surface area contributed by atoms with E-state index in [1.54, 1.807) is 0 Å². The maximum Gasteiger partial charge on any atom is 0.265 e. The van der Waals surface area contributed by atoms with Gasteiger partial charge in [0.25, 0.3) is 5.91 Å². The number of halogens is 1. The molecule has 0 bridgehead atoms. The normalized spacial score (nSPS) is 12.7. The van der Waals surface area contributed by atoms with Gasteiger partial charge in [0.2, 0.25) is 0 Å². The van der Waals surface area contributed by atoms with Crippen molar-refractivity contribution in [2.45, 2.75) is 46.1 Å². The molecule has 1 unspecified atom stereocenters. The van der Waals surface area contributed by atoms with Gasteiger partial charge in [-0.1, -0.05) is 31.7 Å². The molecule has 18 heavy (non-hydrogen) atoms. The van der Waals surface area contributed by atoms with Crippen molar-refractivity contribution in [3.05, 3.63) is 10.6 Å². The summed E-state index contributed by atoms with van der Waals surface area (Å²) in [6, 6.07) is 0.103. The summed E-state index contributed by atoms with van der Waals surface area (Å²) >= 11 is 6.92. The third-order valence-electron chi connectivity index (χ3n) is 2.79. The first-order valence-electron chi connectivity index (χ1n) is 6.28. The molecule has 0 radical (unpaired) electrons. The molecule has 0 aromatic carbocycles. The van der Waals surface area contributed by atoms with Crippen molar-refractivity contribution >= 4 is 29.0 Å². The van der Waals surface area contributed by atoms with Gasteiger partial charge in [0, 0.05) is 11.9 Å². The number of amides is 1. The summed E-state index contributed by atoms with van der Waals surface area (Å²) in [7, 11) is 0. The van der Waals surface area contributed by atoms with Crippen molar-refractivity contribution in [1.29, 1.82) is 0 Å². The van der Waals surface area contributed by atoms with Crippen LogP contribution in [-0.2, 0) is 6.42 Å². The van der Waals surface area contributed by atoms with Crippen LogP contribution < -0.4 is 5.32 Å². The molecule has 4 nitrogen and oxygen atoms in total. The zero-order valence-corrected chi connectivity index (χ0v) is 12.6. The standard InChI is InChI=1S/C12H20ClN3OS/c1-4-5-10-11(18-16-15-10)12(17)14-9(6-7-13)8(2)3/h8-9H,4-7H2,1-3H3,(H,14,17). The molecule has 0 aliphatic heterocycles. The van der Waals surface area contributed by atoms with Gasteiger partial charge in [-0.25, -0.2) is 0 Å². The number of nitrogens with zero attached hydrogens (tertiary/aromatic N) is 2. The van der Waals surface area contributed by atoms with Gasteiger partial charge in [0.1, 0.15) is 4.88 Å². The summed E-state index contributed by atoms with van der Waals surface area (Å²) in [5.74, 6) is 0.840. The smallest absolute Gasteiger partial charge is 0.265 e. The number of hydrogen-bond acceptors (Lipinski definition) is 4. The summed E-state index contributed by atoms with van der Waals surface area (Å²) in [5.41, 5.74) is 0.799. The van der Waals surface area contributed by atoms with Gasteiger partial charge in [-0.3, -0.25) is 4.79 Å². The van der Waals surface area contributed by atoms with E-state index in [1.807, 2.05) is 0 Å². The number of hydrogen-bond donors (Lipinski definition) is 1. The highest BCUT2D eigenvalue weighted by Gasteiger charge is 2.20. The SMILES string of the molecule is CCCc1nnsc1C(=O)NC(CCCl)C(C)C. The molecule has 0 aliphatic rings. The van der Waals surface area contributed by atoms with E-state index in [9.17, 15) is 4.79 Å². The average molecular weight is 290 g/mol. The van der Waals surface area contributed by atoms with E-state index in [1.165, 1.54) is 0 Å². The topological polar surface area (TPSA) is 54.9 Å². The molecule has 0 fully saturated rings. The molecule has 0 saturated carbocycles. The lowest BCUT2D eigenvalue weighted by atomic mass is 10.0. The van der Waals surface area contributed by atoms with Crippen LogP contribution in [0.15, 0.2) is 0 Å². The molecule has 6 heteroatoms. The first kappa shape index (κ1) is 15.4. The van der Waals surface area contributed by atoms with Crippen LogP contribution in [0.25, 0.3) is 0 Å². The fourth-order valence-corrected chi connectivity index (χ4v) is 2.55. The lowest BCUT2D eigenvalue weighted by Crippen LogP contribution is -2.38. The molecule has 1 aromatic rings. The van der Waals surface area contributed by atoms with E-state index in [-0.39, 0.29) is 11.9 Å². The minimum absolute atomic E-state index is 0.0720. The molecule has 1 amide bonds. The van der Waals surface area contributed by atoms with Crippen LogP contribution in [0.1, 0.15) is 49.0 Å². The highest BCUT2D eigenvalue weighted by atomic mass is 35.5. The fraction of sp³-hybridized carbons (Fsp3) is 0.750. The van der Waals surface area contributed by atoms with Crippen molar-refractivity contribution in [1.82, 2.24) is 14.9 Å². The highest BCUT2D eigenvalue weighted by molar-refractivity contribution is 7.08. The van der Waals surface area contributed by atoms with Gasteiger partial charge in [0.05, 0.1) is 5.69 Å². The van der Waals surface area contributed by atoms with Crippen molar-refractivity contribution in [3.63, 3.8) is 0 Å². The van der Waals surface area contributed by atoms with E-state index < -0.39 is 0 Å². The largest absolute Gasteiger partial charge is 0.348 e. The molecule has 0 saturated heterocycles. The molecule has 1 atom stereocenters. The third kappa shape index (κ3) is 4.21. The van der Waals surface area contributed by atoms with Gasteiger partial charge in [-0.2, -0.15) is 0 Å². The number of nitrogens with one attached hydrogen (secondary N) is 1. The van der Waals surface area contributed by atoms with Gasteiger partial charge in [-0.05, 0) is 30.3 Å². The molecular weight excluding hydrogens is 270 g/mol. The Morgan fingerprint density at radius 2 is 2.22 bits per heavy atom. The van der Waals surface area contributed by atoms with Gasteiger partial charge in [-0.15, -0.1) is 16.7 Å². The molecule has 102 valence electrons. The third-order valence-corrected chi connectivity index (χ3v) is 3.78. The minimum atomic E-state index is -0.0720. The molecule has 1 N–H and O–H groups in total. The van der Waals surface area contributed by atoms with Gasteiger partial charge in [0.15, 0.2) is 0 Å². The Labute approximate surface area is 117 Å². The number of rotatable bonds is 7. The Kier molecular flexibility index (Phi) is 6.57. The Morgan fingerprint density at radius 1 is 1.50 bits per heavy atom. The zero-order valence-electron chi connectivity index (χ0n) is 11.1. The van der Waals surface area contributed by atoms with Crippen molar-refractivity contribution in [2.24, 2.45) is 5.92 Å². The summed E-state index contributed by atoms with van der Waals surface area (Å²) in [4.78, 5) is 12.8. The Hall–Kier alpha value is -0.680. The Morgan fingerprint density at radius 3 is 2.78 bits per heavy atom.